The summed E-state index contributed by atoms with van der Waals surface area (Å²) >= 11 is 0. The lowest BCUT2D eigenvalue weighted by molar-refractivity contribution is -0.202. The van der Waals surface area contributed by atoms with Gasteiger partial charge in [0, 0.05) is 6.07 Å². The van der Waals surface area contributed by atoms with E-state index in [1.165, 1.54) is 18.2 Å². The van der Waals surface area contributed by atoms with Crippen molar-refractivity contribution in [2.75, 3.05) is 11.6 Å². The summed E-state index contributed by atoms with van der Waals surface area (Å²) in [5.74, 6) is 0.349. The molecule has 3 aromatic rings. The molecular formula is C24H23F6NO3. The predicted octanol–water partition coefficient (Wildman–Crippen LogP) is 7.25. The SMILES string of the molecule is CC.O[C@H](CN(Oc1cccc(C(F)(F)F)c1)c1cccc(Oc2ccccc2)c1)C(F)(F)F. The Bertz CT molecular complexity index is 1020. The van der Waals surface area contributed by atoms with E-state index in [1.807, 2.05) is 13.8 Å². The van der Waals surface area contributed by atoms with Crippen LogP contribution in [0, 0.1) is 0 Å². The third-order valence-corrected chi connectivity index (χ3v) is 4.18. The topological polar surface area (TPSA) is 41.9 Å². The van der Waals surface area contributed by atoms with Gasteiger partial charge in [-0.15, -0.1) is 0 Å². The van der Waals surface area contributed by atoms with Crippen LogP contribution in [-0.2, 0) is 6.18 Å². The van der Waals surface area contributed by atoms with Crippen molar-refractivity contribution in [3.8, 4) is 17.2 Å². The van der Waals surface area contributed by atoms with Crippen LogP contribution in [-0.4, -0.2) is 23.9 Å². The Labute approximate surface area is 192 Å². The van der Waals surface area contributed by atoms with Crippen LogP contribution >= 0.6 is 0 Å². The zero-order valence-electron chi connectivity index (χ0n) is 18.3. The third kappa shape index (κ3) is 7.87. The summed E-state index contributed by atoms with van der Waals surface area (Å²) in [6.07, 6.45) is -12.4. The van der Waals surface area contributed by atoms with Crippen molar-refractivity contribution in [1.82, 2.24) is 0 Å². The largest absolute Gasteiger partial charge is 0.457 e. The van der Waals surface area contributed by atoms with Crippen molar-refractivity contribution in [3.05, 3.63) is 84.4 Å². The second-order valence-electron chi connectivity index (χ2n) is 6.65. The lowest BCUT2D eigenvalue weighted by Crippen LogP contribution is -2.42. The van der Waals surface area contributed by atoms with E-state index in [0.717, 1.165) is 18.2 Å². The number of anilines is 1. The van der Waals surface area contributed by atoms with Crippen LogP contribution in [0.15, 0.2) is 78.9 Å². The Balaban J connectivity index is 0.00000199. The van der Waals surface area contributed by atoms with E-state index in [4.69, 9.17) is 9.57 Å². The first-order valence-electron chi connectivity index (χ1n) is 10.2. The lowest BCUT2D eigenvalue weighted by atomic mass is 10.2. The molecule has 0 saturated carbocycles. The molecule has 0 aromatic heterocycles. The van der Waals surface area contributed by atoms with Crippen LogP contribution < -0.4 is 14.6 Å². The Morgan fingerprint density at radius 2 is 1.35 bits per heavy atom. The van der Waals surface area contributed by atoms with Gasteiger partial charge in [0.15, 0.2) is 11.9 Å². The smallest absolute Gasteiger partial charge is 0.416 e. The highest BCUT2D eigenvalue weighted by Crippen LogP contribution is 2.33. The van der Waals surface area contributed by atoms with Gasteiger partial charge in [0.05, 0.1) is 17.8 Å². The van der Waals surface area contributed by atoms with Crippen LogP contribution in [0.3, 0.4) is 0 Å². The fourth-order valence-electron chi connectivity index (χ4n) is 2.64. The molecule has 0 spiro atoms. The minimum absolute atomic E-state index is 0.0270. The van der Waals surface area contributed by atoms with Gasteiger partial charge in [0.25, 0.3) is 0 Å². The van der Waals surface area contributed by atoms with Crippen LogP contribution in [0.4, 0.5) is 32.0 Å². The molecule has 34 heavy (non-hydrogen) atoms. The number of benzene rings is 3. The molecule has 0 unspecified atom stereocenters. The summed E-state index contributed by atoms with van der Waals surface area (Å²) in [6, 6.07) is 17.9. The van der Waals surface area contributed by atoms with Gasteiger partial charge in [-0.1, -0.05) is 44.2 Å². The lowest BCUT2D eigenvalue weighted by Gasteiger charge is -2.28. The number of aliphatic hydroxyl groups is 1. The molecule has 0 fully saturated rings. The number of nitrogens with zero attached hydrogens (tertiary/aromatic N) is 1. The fourth-order valence-corrected chi connectivity index (χ4v) is 2.64. The monoisotopic (exact) mass is 487 g/mol. The van der Waals surface area contributed by atoms with E-state index in [9.17, 15) is 31.4 Å². The van der Waals surface area contributed by atoms with Gasteiger partial charge in [-0.3, -0.25) is 0 Å². The number of alkyl halides is 6. The molecule has 0 radical (unpaired) electrons. The maximum Gasteiger partial charge on any atom is 0.416 e. The molecule has 3 rings (SSSR count). The van der Waals surface area contributed by atoms with Crippen LogP contribution in [0.25, 0.3) is 0 Å². The van der Waals surface area contributed by atoms with E-state index in [1.54, 1.807) is 36.4 Å². The average Bonchev–Trinajstić information content (AvgIpc) is 2.80. The van der Waals surface area contributed by atoms with Gasteiger partial charge in [-0.25, -0.2) is 5.06 Å². The molecule has 1 N–H and O–H groups in total. The van der Waals surface area contributed by atoms with Crippen LogP contribution in [0.1, 0.15) is 19.4 Å². The highest BCUT2D eigenvalue weighted by atomic mass is 19.4. The van der Waals surface area contributed by atoms with Gasteiger partial charge >= 0.3 is 12.4 Å². The Morgan fingerprint density at radius 3 is 1.97 bits per heavy atom. The minimum atomic E-state index is -4.96. The number of para-hydroxylation sites is 1. The van der Waals surface area contributed by atoms with Gasteiger partial charge in [0.1, 0.15) is 11.5 Å². The number of rotatable bonds is 7. The molecule has 0 aliphatic rings. The molecule has 3 aromatic carbocycles. The first kappa shape index (κ1) is 26.8. The Hall–Kier alpha value is -3.40. The molecular weight excluding hydrogens is 464 g/mol. The summed E-state index contributed by atoms with van der Waals surface area (Å²) in [5.41, 5.74) is -1.01. The van der Waals surface area contributed by atoms with E-state index >= 15 is 0 Å². The van der Waals surface area contributed by atoms with Gasteiger partial charge < -0.3 is 14.7 Å². The second kappa shape index (κ2) is 11.6. The maximum atomic E-state index is 13.0. The normalized spacial score (nSPS) is 12.3. The number of halogens is 6. The summed E-state index contributed by atoms with van der Waals surface area (Å²) in [6.45, 7) is 2.91. The zero-order chi connectivity index (χ0) is 25.4. The molecule has 0 aliphatic heterocycles. The van der Waals surface area contributed by atoms with Crippen molar-refractivity contribution in [3.63, 3.8) is 0 Å². The van der Waals surface area contributed by atoms with E-state index in [0.29, 0.717) is 16.9 Å². The number of ether oxygens (including phenoxy) is 1. The van der Waals surface area contributed by atoms with E-state index < -0.39 is 30.6 Å². The highest BCUT2D eigenvalue weighted by Gasteiger charge is 2.40. The Kier molecular flexibility index (Phi) is 9.19. The van der Waals surface area contributed by atoms with Crippen molar-refractivity contribution in [2.24, 2.45) is 0 Å². The first-order chi connectivity index (χ1) is 16.0. The molecule has 0 saturated heterocycles. The summed E-state index contributed by atoms with van der Waals surface area (Å²) in [7, 11) is 0. The van der Waals surface area contributed by atoms with Crippen molar-refractivity contribution < 1.29 is 41.0 Å². The average molecular weight is 487 g/mol. The highest BCUT2D eigenvalue weighted by molar-refractivity contribution is 5.51. The quantitative estimate of drug-likeness (QED) is 0.282. The second-order valence-corrected chi connectivity index (χ2v) is 6.65. The minimum Gasteiger partial charge on any atom is -0.457 e. The molecule has 0 bridgehead atoms. The maximum absolute atomic E-state index is 13.0. The van der Waals surface area contributed by atoms with Gasteiger partial charge in [-0.2, -0.15) is 26.3 Å². The number of hydroxylamine groups is 1. The molecule has 4 nitrogen and oxygen atoms in total. The van der Waals surface area contributed by atoms with Crippen LogP contribution in [0.5, 0.6) is 17.2 Å². The van der Waals surface area contributed by atoms with Gasteiger partial charge in [-0.05, 0) is 42.5 Å². The molecule has 10 heteroatoms. The fraction of sp³-hybridized carbons (Fsp3) is 0.250. The van der Waals surface area contributed by atoms with Crippen molar-refractivity contribution in [1.29, 1.82) is 0 Å². The Morgan fingerprint density at radius 1 is 0.765 bits per heavy atom. The molecule has 0 amide bonds. The van der Waals surface area contributed by atoms with Gasteiger partial charge in [0.2, 0.25) is 0 Å². The van der Waals surface area contributed by atoms with E-state index in [-0.39, 0.29) is 17.2 Å². The number of aliphatic hydroxyl groups excluding tert-OH is 1. The number of hydrogen-bond acceptors (Lipinski definition) is 4. The van der Waals surface area contributed by atoms with Crippen molar-refractivity contribution >= 4 is 5.69 Å². The molecule has 0 heterocycles. The molecule has 1 atom stereocenters. The van der Waals surface area contributed by atoms with E-state index in [2.05, 4.69) is 0 Å². The summed E-state index contributed by atoms with van der Waals surface area (Å²) in [5, 5.41) is 10.2. The first-order valence-corrected chi connectivity index (χ1v) is 10.2. The summed E-state index contributed by atoms with van der Waals surface area (Å²) < 4.78 is 83.4. The summed E-state index contributed by atoms with van der Waals surface area (Å²) in [4.78, 5) is 5.33. The third-order valence-electron chi connectivity index (χ3n) is 4.18. The van der Waals surface area contributed by atoms with Crippen molar-refractivity contribution in [2.45, 2.75) is 32.3 Å². The molecule has 0 aliphatic carbocycles. The predicted molar refractivity (Wildman–Crippen MR) is 116 cm³/mol. The molecule has 184 valence electrons. The number of hydrogen-bond donors (Lipinski definition) is 1. The standard InChI is InChI=1S/C22H17F6NO3.C2H6/c23-21(24,25)15-6-4-11-19(12-15)32-29(14-20(30)22(26,27)28)16-7-5-10-18(13-16)31-17-8-2-1-3-9-17;1-2/h1-13,20,30H,14H2;1-2H3/t20-;/m1./s1. The van der Waals surface area contributed by atoms with Crippen LogP contribution in [0.2, 0.25) is 0 Å². The zero-order valence-corrected chi connectivity index (χ0v) is 18.3.